The Kier molecular flexibility index (Phi) is 5.43. The standard InChI is InChI=1S/C20H26N2O/c1-15-6-5-7-16(12-15)13-22-19(23)14-21-18-10-8-17(9-11-18)20(2,3)4/h5-12,21H,13-14H2,1-4H3,(H,22,23). The summed E-state index contributed by atoms with van der Waals surface area (Å²) in [4.78, 5) is 11.9. The van der Waals surface area contributed by atoms with Gasteiger partial charge in [0.05, 0.1) is 6.54 Å². The molecular formula is C20H26N2O. The number of aryl methyl sites for hydroxylation is 1. The minimum atomic E-state index is -0.00796. The van der Waals surface area contributed by atoms with E-state index in [-0.39, 0.29) is 17.9 Å². The van der Waals surface area contributed by atoms with Gasteiger partial charge in [-0.3, -0.25) is 4.79 Å². The normalized spacial score (nSPS) is 11.1. The first kappa shape index (κ1) is 17.1. The third kappa shape index (κ3) is 5.44. The molecule has 0 atom stereocenters. The summed E-state index contributed by atoms with van der Waals surface area (Å²) in [5.74, 6) is -0.00796. The van der Waals surface area contributed by atoms with Crippen molar-refractivity contribution in [2.45, 2.75) is 39.7 Å². The zero-order valence-corrected chi connectivity index (χ0v) is 14.4. The molecule has 0 bridgehead atoms. The van der Waals surface area contributed by atoms with Crippen LogP contribution >= 0.6 is 0 Å². The maximum atomic E-state index is 11.9. The third-order valence-corrected chi connectivity index (χ3v) is 3.78. The number of anilines is 1. The highest BCUT2D eigenvalue weighted by atomic mass is 16.1. The Morgan fingerprint density at radius 3 is 2.35 bits per heavy atom. The van der Waals surface area contributed by atoms with Crippen molar-refractivity contribution in [3.8, 4) is 0 Å². The van der Waals surface area contributed by atoms with Crippen LogP contribution in [0.3, 0.4) is 0 Å². The molecule has 2 rings (SSSR count). The number of amides is 1. The summed E-state index contributed by atoms with van der Waals surface area (Å²) in [6, 6.07) is 16.4. The van der Waals surface area contributed by atoms with Crippen LogP contribution in [-0.2, 0) is 16.8 Å². The van der Waals surface area contributed by atoms with Gasteiger partial charge in [0.25, 0.3) is 0 Å². The second kappa shape index (κ2) is 7.32. The van der Waals surface area contributed by atoms with Gasteiger partial charge in [0.2, 0.25) is 5.91 Å². The number of rotatable bonds is 5. The van der Waals surface area contributed by atoms with Crippen molar-refractivity contribution >= 4 is 11.6 Å². The zero-order chi connectivity index (χ0) is 16.9. The molecule has 0 heterocycles. The highest BCUT2D eigenvalue weighted by molar-refractivity contribution is 5.80. The topological polar surface area (TPSA) is 41.1 Å². The van der Waals surface area contributed by atoms with E-state index in [1.165, 1.54) is 11.1 Å². The predicted molar refractivity (Wildman–Crippen MR) is 96.7 cm³/mol. The first-order chi connectivity index (χ1) is 10.8. The molecule has 0 aliphatic carbocycles. The molecule has 0 saturated heterocycles. The van der Waals surface area contributed by atoms with E-state index in [4.69, 9.17) is 0 Å². The smallest absolute Gasteiger partial charge is 0.239 e. The Morgan fingerprint density at radius 2 is 1.74 bits per heavy atom. The fraction of sp³-hybridized carbons (Fsp3) is 0.350. The largest absolute Gasteiger partial charge is 0.376 e. The average Bonchev–Trinajstić information content (AvgIpc) is 2.50. The van der Waals surface area contributed by atoms with Crippen molar-refractivity contribution in [3.63, 3.8) is 0 Å². The molecule has 23 heavy (non-hydrogen) atoms. The molecule has 0 aromatic heterocycles. The van der Waals surface area contributed by atoms with Crippen molar-refractivity contribution in [1.29, 1.82) is 0 Å². The van der Waals surface area contributed by atoms with Gasteiger partial charge in [0.15, 0.2) is 0 Å². The molecule has 3 heteroatoms. The number of benzene rings is 2. The van der Waals surface area contributed by atoms with E-state index in [0.29, 0.717) is 6.54 Å². The Hall–Kier alpha value is -2.29. The monoisotopic (exact) mass is 310 g/mol. The molecular weight excluding hydrogens is 284 g/mol. The molecule has 0 radical (unpaired) electrons. The third-order valence-electron chi connectivity index (χ3n) is 3.78. The number of carbonyl (C=O) groups is 1. The lowest BCUT2D eigenvalue weighted by atomic mass is 9.87. The average molecular weight is 310 g/mol. The molecule has 0 fully saturated rings. The van der Waals surface area contributed by atoms with Gasteiger partial charge >= 0.3 is 0 Å². The summed E-state index contributed by atoms with van der Waals surface area (Å²) in [6.45, 7) is 9.45. The SMILES string of the molecule is Cc1cccc(CNC(=O)CNc2ccc(C(C)(C)C)cc2)c1. The van der Waals surface area contributed by atoms with Crippen LogP contribution in [0, 0.1) is 6.92 Å². The number of carbonyl (C=O) groups excluding carboxylic acids is 1. The second-order valence-corrected chi connectivity index (χ2v) is 6.95. The summed E-state index contributed by atoms with van der Waals surface area (Å²) >= 11 is 0. The van der Waals surface area contributed by atoms with E-state index in [0.717, 1.165) is 11.3 Å². The fourth-order valence-electron chi connectivity index (χ4n) is 2.36. The Labute approximate surface area is 139 Å². The van der Waals surface area contributed by atoms with Crippen LogP contribution in [0.4, 0.5) is 5.69 Å². The summed E-state index contributed by atoms with van der Waals surface area (Å²) in [7, 11) is 0. The zero-order valence-electron chi connectivity index (χ0n) is 14.4. The van der Waals surface area contributed by atoms with Crippen molar-refractivity contribution in [3.05, 3.63) is 65.2 Å². The minimum Gasteiger partial charge on any atom is -0.376 e. The van der Waals surface area contributed by atoms with Crippen molar-refractivity contribution < 1.29 is 4.79 Å². The van der Waals surface area contributed by atoms with E-state index in [1.807, 2.05) is 37.3 Å². The van der Waals surface area contributed by atoms with E-state index in [2.05, 4.69) is 49.6 Å². The van der Waals surface area contributed by atoms with Gasteiger partial charge in [-0.15, -0.1) is 0 Å². The van der Waals surface area contributed by atoms with E-state index in [1.54, 1.807) is 0 Å². The molecule has 0 unspecified atom stereocenters. The number of hydrogen-bond donors (Lipinski definition) is 2. The Morgan fingerprint density at radius 1 is 1.04 bits per heavy atom. The molecule has 3 nitrogen and oxygen atoms in total. The molecule has 2 aromatic carbocycles. The molecule has 0 aliphatic rings. The van der Waals surface area contributed by atoms with Crippen LogP contribution in [0.15, 0.2) is 48.5 Å². The second-order valence-electron chi connectivity index (χ2n) is 6.95. The van der Waals surface area contributed by atoms with Crippen LogP contribution in [0.5, 0.6) is 0 Å². The molecule has 0 aliphatic heterocycles. The fourth-order valence-corrected chi connectivity index (χ4v) is 2.36. The lowest BCUT2D eigenvalue weighted by molar-refractivity contribution is -0.119. The van der Waals surface area contributed by atoms with Crippen molar-refractivity contribution in [2.75, 3.05) is 11.9 Å². The quantitative estimate of drug-likeness (QED) is 0.875. The molecule has 2 aromatic rings. The predicted octanol–water partition coefficient (Wildman–Crippen LogP) is 4.02. The summed E-state index contributed by atoms with van der Waals surface area (Å²) in [5.41, 5.74) is 4.71. The van der Waals surface area contributed by atoms with Gasteiger partial charge in [-0.05, 0) is 35.6 Å². The van der Waals surface area contributed by atoms with Crippen molar-refractivity contribution in [1.82, 2.24) is 5.32 Å². The molecule has 0 saturated carbocycles. The number of hydrogen-bond acceptors (Lipinski definition) is 2. The Balaban J connectivity index is 1.80. The van der Waals surface area contributed by atoms with Gasteiger partial charge in [-0.1, -0.05) is 62.7 Å². The van der Waals surface area contributed by atoms with Crippen molar-refractivity contribution in [2.24, 2.45) is 0 Å². The number of nitrogens with one attached hydrogen (secondary N) is 2. The lowest BCUT2D eigenvalue weighted by Crippen LogP contribution is -2.29. The molecule has 122 valence electrons. The van der Waals surface area contributed by atoms with Gasteiger partial charge in [-0.25, -0.2) is 0 Å². The van der Waals surface area contributed by atoms with Crippen LogP contribution in [0.2, 0.25) is 0 Å². The van der Waals surface area contributed by atoms with Gasteiger partial charge in [0.1, 0.15) is 0 Å². The van der Waals surface area contributed by atoms with E-state index in [9.17, 15) is 4.79 Å². The highest BCUT2D eigenvalue weighted by Crippen LogP contribution is 2.23. The van der Waals surface area contributed by atoms with E-state index < -0.39 is 0 Å². The van der Waals surface area contributed by atoms with Crippen LogP contribution in [0.1, 0.15) is 37.5 Å². The summed E-state index contributed by atoms with van der Waals surface area (Å²) in [6.07, 6.45) is 0. The molecule has 2 N–H and O–H groups in total. The summed E-state index contributed by atoms with van der Waals surface area (Å²) < 4.78 is 0. The summed E-state index contributed by atoms with van der Waals surface area (Å²) in [5, 5.41) is 6.09. The highest BCUT2D eigenvalue weighted by Gasteiger charge is 2.12. The molecule has 0 spiro atoms. The first-order valence-corrected chi connectivity index (χ1v) is 8.01. The van der Waals surface area contributed by atoms with E-state index >= 15 is 0 Å². The van der Waals surface area contributed by atoms with Crippen LogP contribution in [0.25, 0.3) is 0 Å². The minimum absolute atomic E-state index is 0.00796. The maximum absolute atomic E-state index is 11.9. The Bertz CT molecular complexity index is 654. The van der Waals surface area contributed by atoms with Gasteiger partial charge in [-0.2, -0.15) is 0 Å². The van der Waals surface area contributed by atoms with Gasteiger partial charge in [0, 0.05) is 12.2 Å². The maximum Gasteiger partial charge on any atom is 0.239 e. The van der Waals surface area contributed by atoms with Crippen LogP contribution in [-0.4, -0.2) is 12.5 Å². The molecule has 1 amide bonds. The first-order valence-electron chi connectivity index (χ1n) is 8.01. The van der Waals surface area contributed by atoms with Gasteiger partial charge < -0.3 is 10.6 Å². The van der Waals surface area contributed by atoms with Crippen LogP contribution < -0.4 is 10.6 Å². The lowest BCUT2D eigenvalue weighted by Gasteiger charge is -2.19.